The second kappa shape index (κ2) is 7.22. The lowest BCUT2D eigenvalue weighted by atomic mass is 9.80. The molecule has 0 aromatic heterocycles. The van der Waals surface area contributed by atoms with E-state index in [1.807, 2.05) is 11.0 Å². The summed E-state index contributed by atoms with van der Waals surface area (Å²) in [5.74, 6) is 0.0251. The molecular formula is C23H29NO2. The Bertz CT molecular complexity index is 780. The number of allylic oxidation sites excluding steroid dienone is 2. The van der Waals surface area contributed by atoms with E-state index in [0.29, 0.717) is 11.1 Å². The molecule has 138 valence electrons. The van der Waals surface area contributed by atoms with Gasteiger partial charge in [0.2, 0.25) is 0 Å². The van der Waals surface area contributed by atoms with Crippen LogP contribution in [0.5, 0.6) is 0 Å². The van der Waals surface area contributed by atoms with Crippen LogP contribution in [0.1, 0.15) is 74.1 Å². The minimum atomic E-state index is -0.0123. The van der Waals surface area contributed by atoms with Crippen LogP contribution in [0.15, 0.2) is 47.6 Å². The van der Waals surface area contributed by atoms with E-state index in [2.05, 4.69) is 32.9 Å². The molecule has 26 heavy (non-hydrogen) atoms. The Hall–Kier alpha value is -2.16. The van der Waals surface area contributed by atoms with Crippen molar-refractivity contribution < 1.29 is 9.59 Å². The second-order valence-corrected chi connectivity index (χ2v) is 8.51. The quantitative estimate of drug-likeness (QED) is 0.688. The zero-order valence-electron chi connectivity index (χ0n) is 16.3. The number of carbonyl (C=O) groups excluding carboxylic acids is 2. The molecule has 1 atom stereocenters. The Morgan fingerprint density at radius 2 is 1.69 bits per heavy atom. The molecule has 3 heteroatoms. The van der Waals surface area contributed by atoms with Crippen molar-refractivity contribution in [1.29, 1.82) is 0 Å². The van der Waals surface area contributed by atoms with Gasteiger partial charge in [-0.1, -0.05) is 45.1 Å². The summed E-state index contributed by atoms with van der Waals surface area (Å²) >= 11 is 0. The summed E-state index contributed by atoms with van der Waals surface area (Å²) in [6.07, 6.45) is 8.74. The number of likely N-dealkylation sites (tertiary alicyclic amines) is 1. The molecule has 1 heterocycles. The molecule has 0 bridgehead atoms. The number of benzene rings is 1. The molecule has 2 aliphatic rings. The number of hydrogen-bond donors (Lipinski definition) is 0. The first-order valence-corrected chi connectivity index (χ1v) is 9.58. The topological polar surface area (TPSA) is 37.4 Å². The SMILES string of the molecule is CC(=O)c1cccc(C(=O)N2CCC3=CCCC=C3C[C@H]2C(C)(C)C)c1. The molecule has 1 aromatic rings. The van der Waals surface area contributed by atoms with E-state index in [1.54, 1.807) is 18.2 Å². The Morgan fingerprint density at radius 1 is 1.04 bits per heavy atom. The van der Waals surface area contributed by atoms with Crippen LogP contribution >= 0.6 is 0 Å². The molecular weight excluding hydrogens is 322 g/mol. The van der Waals surface area contributed by atoms with E-state index in [4.69, 9.17) is 0 Å². The van der Waals surface area contributed by atoms with Crippen LogP contribution in [0.25, 0.3) is 0 Å². The fourth-order valence-corrected chi connectivity index (χ4v) is 4.02. The van der Waals surface area contributed by atoms with Crippen molar-refractivity contribution in [3.8, 4) is 0 Å². The molecule has 0 radical (unpaired) electrons. The van der Waals surface area contributed by atoms with E-state index in [0.717, 1.165) is 32.2 Å². The lowest BCUT2D eigenvalue weighted by Gasteiger charge is -2.39. The van der Waals surface area contributed by atoms with Gasteiger partial charge < -0.3 is 4.90 Å². The highest BCUT2D eigenvalue weighted by molar-refractivity contribution is 5.99. The highest BCUT2D eigenvalue weighted by Gasteiger charge is 2.37. The largest absolute Gasteiger partial charge is 0.334 e. The van der Waals surface area contributed by atoms with Gasteiger partial charge in [0.15, 0.2) is 5.78 Å². The first-order valence-electron chi connectivity index (χ1n) is 9.58. The summed E-state index contributed by atoms with van der Waals surface area (Å²) in [5.41, 5.74) is 4.03. The van der Waals surface area contributed by atoms with Gasteiger partial charge in [0, 0.05) is 23.7 Å². The summed E-state index contributed by atoms with van der Waals surface area (Å²) < 4.78 is 0. The van der Waals surface area contributed by atoms with Crippen molar-refractivity contribution in [2.24, 2.45) is 5.41 Å². The van der Waals surface area contributed by atoms with Crippen LogP contribution in [0, 0.1) is 5.41 Å². The number of hydrogen-bond acceptors (Lipinski definition) is 2. The third-order valence-electron chi connectivity index (χ3n) is 5.55. The predicted molar refractivity (Wildman–Crippen MR) is 105 cm³/mol. The van der Waals surface area contributed by atoms with Gasteiger partial charge in [-0.3, -0.25) is 9.59 Å². The number of amides is 1. The molecule has 1 fully saturated rings. The zero-order valence-corrected chi connectivity index (χ0v) is 16.3. The average molecular weight is 351 g/mol. The van der Waals surface area contributed by atoms with Crippen LogP contribution in [-0.2, 0) is 0 Å². The summed E-state index contributed by atoms with van der Waals surface area (Å²) in [5, 5.41) is 0. The standard InChI is InChI=1S/C23H29NO2/c1-16(25)18-10-7-11-20(14-18)22(26)24-13-12-17-8-5-6-9-19(17)15-21(24)23(2,3)4/h7-11,14,21H,5-6,12-13,15H2,1-4H3/t21-/m0/s1. The van der Waals surface area contributed by atoms with Gasteiger partial charge in [-0.15, -0.1) is 0 Å². The molecule has 0 saturated carbocycles. The normalized spacial score (nSPS) is 20.6. The fraction of sp³-hybridized carbons (Fsp3) is 0.478. The number of carbonyl (C=O) groups is 2. The number of fused-ring (bicyclic) bond motifs is 1. The molecule has 0 unspecified atom stereocenters. The molecule has 3 rings (SSSR count). The highest BCUT2D eigenvalue weighted by Crippen LogP contribution is 2.38. The van der Waals surface area contributed by atoms with Gasteiger partial charge in [-0.05, 0) is 61.3 Å². The van der Waals surface area contributed by atoms with E-state index < -0.39 is 0 Å². The smallest absolute Gasteiger partial charge is 0.254 e. The van der Waals surface area contributed by atoms with Crippen molar-refractivity contribution in [2.75, 3.05) is 6.54 Å². The number of Topliss-reactive ketones (excluding diaryl/α,β-unsaturated/α-hetero) is 1. The summed E-state index contributed by atoms with van der Waals surface area (Å²) in [6.45, 7) is 8.90. The van der Waals surface area contributed by atoms with Crippen LogP contribution in [-0.4, -0.2) is 29.2 Å². The van der Waals surface area contributed by atoms with E-state index >= 15 is 0 Å². The van der Waals surface area contributed by atoms with Gasteiger partial charge in [-0.25, -0.2) is 0 Å². The monoisotopic (exact) mass is 351 g/mol. The van der Waals surface area contributed by atoms with Gasteiger partial charge in [-0.2, -0.15) is 0 Å². The molecule has 1 aromatic carbocycles. The Morgan fingerprint density at radius 3 is 2.35 bits per heavy atom. The van der Waals surface area contributed by atoms with Crippen molar-refractivity contribution in [3.05, 3.63) is 58.7 Å². The summed E-state index contributed by atoms with van der Waals surface area (Å²) in [7, 11) is 0. The van der Waals surface area contributed by atoms with Gasteiger partial charge in [0.05, 0.1) is 0 Å². The van der Waals surface area contributed by atoms with Crippen molar-refractivity contribution in [2.45, 2.75) is 59.4 Å². The summed E-state index contributed by atoms with van der Waals surface area (Å²) in [4.78, 5) is 27.1. The van der Waals surface area contributed by atoms with Crippen LogP contribution < -0.4 is 0 Å². The Labute approximate surface area is 156 Å². The second-order valence-electron chi connectivity index (χ2n) is 8.51. The molecule has 1 aliphatic heterocycles. The third-order valence-corrected chi connectivity index (χ3v) is 5.55. The lowest BCUT2D eigenvalue weighted by Crippen LogP contribution is -2.47. The van der Waals surface area contributed by atoms with Crippen LogP contribution in [0.2, 0.25) is 0 Å². The van der Waals surface area contributed by atoms with Gasteiger partial charge in [0.1, 0.15) is 0 Å². The third kappa shape index (κ3) is 3.82. The maximum Gasteiger partial charge on any atom is 0.254 e. The average Bonchev–Trinajstić information content (AvgIpc) is 2.81. The number of ketones is 1. The zero-order chi connectivity index (χ0) is 18.9. The molecule has 0 N–H and O–H groups in total. The lowest BCUT2D eigenvalue weighted by molar-refractivity contribution is 0.0536. The minimum absolute atomic E-state index is 0.00998. The van der Waals surface area contributed by atoms with Gasteiger partial charge in [0.25, 0.3) is 5.91 Å². The Balaban J connectivity index is 1.96. The maximum absolute atomic E-state index is 13.4. The van der Waals surface area contributed by atoms with Gasteiger partial charge >= 0.3 is 0 Å². The molecule has 0 spiro atoms. The molecule has 3 nitrogen and oxygen atoms in total. The van der Waals surface area contributed by atoms with Crippen LogP contribution in [0.3, 0.4) is 0 Å². The molecule has 1 amide bonds. The Kier molecular flexibility index (Phi) is 5.17. The van der Waals surface area contributed by atoms with Crippen molar-refractivity contribution >= 4 is 11.7 Å². The summed E-state index contributed by atoms with van der Waals surface area (Å²) in [6, 6.07) is 7.28. The molecule has 1 aliphatic carbocycles. The minimum Gasteiger partial charge on any atom is -0.334 e. The van der Waals surface area contributed by atoms with Crippen molar-refractivity contribution in [1.82, 2.24) is 4.90 Å². The van der Waals surface area contributed by atoms with Crippen molar-refractivity contribution in [3.63, 3.8) is 0 Å². The first-order chi connectivity index (χ1) is 12.3. The highest BCUT2D eigenvalue weighted by atomic mass is 16.2. The van der Waals surface area contributed by atoms with Crippen LogP contribution in [0.4, 0.5) is 0 Å². The molecule has 1 saturated heterocycles. The number of nitrogens with zero attached hydrogens (tertiary/aromatic N) is 1. The van der Waals surface area contributed by atoms with E-state index in [1.165, 1.54) is 18.1 Å². The predicted octanol–water partition coefficient (Wildman–Crippen LogP) is 5.19. The van der Waals surface area contributed by atoms with E-state index in [-0.39, 0.29) is 23.1 Å². The maximum atomic E-state index is 13.4. The van der Waals surface area contributed by atoms with E-state index in [9.17, 15) is 9.59 Å². The first kappa shape index (κ1) is 18.6. The number of rotatable bonds is 2. The fourth-order valence-electron chi connectivity index (χ4n) is 4.02.